The maximum Gasteiger partial charge on any atom is 0.267 e. The van der Waals surface area contributed by atoms with Gasteiger partial charge in [0.1, 0.15) is 13.2 Å². The van der Waals surface area contributed by atoms with Crippen molar-refractivity contribution in [2.24, 2.45) is 0 Å². The van der Waals surface area contributed by atoms with E-state index in [4.69, 9.17) is 9.47 Å². The Balaban J connectivity index is 1.26. The lowest BCUT2D eigenvalue weighted by molar-refractivity contribution is 0.171. The number of hydrogen-bond acceptors (Lipinski definition) is 6. The molecule has 2 heterocycles. The summed E-state index contributed by atoms with van der Waals surface area (Å²) in [5.41, 5.74) is 2.07. The normalized spacial score (nSPS) is 23.2. The smallest absolute Gasteiger partial charge is 0.267 e. The Bertz CT molecular complexity index is 1120. The number of ether oxygens (including phenoxy) is 2. The summed E-state index contributed by atoms with van der Waals surface area (Å²) >= 11 is 0. The molecule has 1 saturated carbocycles. The molecule has 9 heteroatoms. The number of nitrogens with zero attached hydrogens (tertiary/aromatic N) is 2. The standard InChI is InChI=1S/C21H25N3O5S/c25-21-12-14-2-1-3-18(14)22-24(21)16-6-4-15(5-7-16)23-30(26,27)17-8-9-19-20(13-17)29-11-10-28-19/h8-9,12-13,15-16,23H,1-7,10-11H2. The quantitative estimate of drug-likeness (QED) is 0.795. The first kappa shape index (κ1) is 19.6. The molecule has 0 atom stereocenters. The van der Waals surface area contributed by atoms with Crippen molar-refractivity contribution in [3.63, 3.8) is 0 Å². The lowest BCUT2D eigenvalue weighted by Crippen LogP contribution is -2.39. The molecule has 1 aromatic carbocycles. The van der Waals surface area contributed by atoms with Crippen LogP contribution in [0.25, 0.3) is 0 Å². The van der Waals surface area contributed by atoms with Gasteiger partial charge in [0.25, 0.3) is 5.56 Å². The molecule has 0 unspecified atom stereocenters. The van der Waals surface area contributed by atoms with E-state index in [9.17, 15) is 13.2 Å². The zero-order chi connectivity index (χ0) is 20.7. The molecule has 160 valence electrons. The van der Waals surface area contributed by atoms with Crippen molar-refractivity contribution in [3.05, 3.63) is 45.9 Å². The fraction of sp³-hybridized carbons (Fsp3) is 0.524. The highest BCUT2D eigenvalue weighted by Gasteiger charge is 2.29. The molecule has 30 heavy (non-hydrogen) atoms. The molecule has 2 aliphatic carbocycles. The average molecular weight is 432 g/mol. The van der Waals surface area contributed by atoms with E-state index in [0.29, 0.717) is 37.6 Å². The second kappa shape index (κ2) is 7.70. The highest BCUT2D eigenvalue weighted by molar-refractivity contribution is 7.89. The topological polar surface area (TPSA) is 99.5 Å². The third-order valence-corrected chi connectivity index (χ3v) is 7.69. The number of rotatable bonds is 4. The summed E-state index contributed by atoms with van der Waals surface area (Å²) in [5, 5.41) is 4.60. The minimum absolute atomic E-state index is 0.0263. The Morgan fingerprint density at radius 2 is 1.77 bits per heavy atom. The first-order valence-corrected chi connectivity index (χ1v) is 12.0. The molecule has 5 rings (SSSR count). The summed E-state index contributed by atoms with van der Waals surface area (Å²) in [6.07, 6.45) is 5.70. The fourth-order valence-electron chi connectivity index (χ4n) is 4.59. The molecule has 2 aromatic rings. The van der Waals surface area contributed by atoms with E-state index >= 15 is 0 Å². The molecule has 1 fully saturated rings. The number of hydrogen-bond donors (Lipinski definition) is 1. The van der Waals surface area contributed by atoms with Gasteiger partial charge in [-0.15, -0.1) is 0 Å². The van der Waals surface area contributed by atoms with Gasteiger partial charge in [0.2, 0.25) is 10.0 Å². The van der Waals surface area contributed by atoms with Crippen LogP contribution in [-0.2, 0) is 22.9 Å². The van der Waals surface area contributed by atoms with E-state index in [2.05, 4.69) is 9.82 Å². The summed E-state index contributed by atoms with van der Waals surface area (Å²) in [6.45, 7) is 0.868. The highest BCUT2D eigenvalue weighted by Crippen LogP contribution is 2.33. The molecular weight excluding hydrogens is 406 g/mol. The molecule has 0 amide bonds. The SMILES string of the molecule is O=c1cc2c(nn1C1CCC(NS(=O)(=O)c3ccc4c(c3)OCCO4)CC1)CCC2. The Morgan fingerprint density at radius 3 is 2.57 bits per heavy atom. The monoisotopic (exact) mass is 431 g/mol. The van der Waals surface area contributed by atoms with Crippen LogP contribution in [0.4, 0.5) is 0 Å². The predicted molar refractivity (Wildman–Crippen MR) is 110 cm³/mol. The summed E-state index contributed by atoms with van der Waals surface area (Å²) in [4.78, 5) is 12.6. The lowest BCUT2D eigenvalue weighted by Gasteiger charge is -2.29. The Hall–Kier alpha value is -2.39. The zero-order valence-electron chi connectivity index (χ0n) is 16.7. The van der Waals surface area contributed by atoms with Crippen LogP contribution in [0.2, 0.25) is 0 Å². The van der Waals surface area contributed by atoms with Gasteiger partial charge in [-0.2, -0.15) is 5.10 Å². The maximum absolute atomic E-state index is 12.8. The summed E-state index contributed by atoms with van der Waals surface area (Å²) in [6, 6.07) is 6.27. The van der Waals surface area contributed by atoms with Crippen molar-refractivity contribution >= 4 is 10.0 Å². The van der Waals surface area contributed by atoms with Gasteiger partial charge in [-0.1, -0.05) is 0 Å². The minimum Gasteiger partial charge on any atom is -0.486 e. The third kappa shape index (κ3) is 3.72. The minimum atomic E-state index is -3.66. The average Bonchev–Trinajstić information content (AvgIpc) is 3.20. The molecule has 3 aliphatic rings. The van der Waals surface area contributed by atoms with Gasteiger partial charge >= 0.3 is 0 Å². The summed E-state index contributed by atoms with van der Waals surface area (Å²) in [7, 11) is -3.66. The van der Waals surface area contributed by atoms with E-state index in [1.165, 1.54) is 12.1 Å². The van der Waals surface area contributed by atoms with Gasteiger partial charge in [0, 0.05) is 18.2 Å². The Labute approximate surface area is 175 Å². The van der Waals surface area contributed by atoms with Crippen molar-refractivity contribution in [1.29, 1.82) is 0 Å². The number of aromatic nitrogens is 2. The van der Waals surface area contributed by atoms with Crippen molar-refractivity contribution in [1.82, 2.24) is 14.5 Å². The fourth-order valence-corrected chi connectivity index (χ4v) is 5.91. The first-order chi connectivity index (χ1) is 14.5. The van der Waals surface area contributed by atoms with E-state index in [0.717, 1.165) is 43.4 Å². The van der Waals surface area contributed by atoms with Gasteiger partial charge in [0.05, 0.1) is 16.6 Å². The second-order valence-corrected chi connectivity index (χ2v) is 9.90. The van der Waals surface area contributed by atoms with E-state index in [-0.39, 0.29) is 22.5 Å². The number of nitrogens with one attached hydrogen (secondary N) is 1. The molecule has 0 spiro atoms. The van der Waals surface area contributed by atoms with Gasteiger partial charge < -0.3 is 9.47 Å². The van der Waals surface area contributed by atoms with Crippen molar-refractivity contribution in [2.45, 2.75) is 61.9 Å². The first-order valence-electron chi connectivity index (χ1n) is 10.5. The number of aryl methyl sites for hydroxylation is 2. The van der Waals surface area contributed by atoms with Gasteiger partial charge in [-0.05, 0) is 62.6 Å². The van der Waals surface area contributed by atoms with Crippen LogP contribution in [0.3, 0.4) is 0 Å². The van der Waals surface area contributed by atoms with E-state index in [1.807, 2.05) is 0 Å². The molecule has 1 aromatic heterocycles. The second-order valence-electron chi connectivity index (χ2n) is 8.18. The van der Waals surface area contributed by atoms with Gasteiger partial charge in [-0.25, -0.2) is 17.8 Å². The van der Waals surface area contributed by atoms with Crippen LogP contribution in [0.5, 0.6) is 11.5 Å². The lowest BCUT2D eigenvalue weighted by atomic mass is 9.92. The maximum atomic E-state index is 12.8. The summed E-state index contributed by atoms with van der Waals surface area (Å²) in [5.74, 6) is 1.02. The van der Waals surface area contributed by atoms with Crippen LogP contribution in [0.15, 0.2) is 34.0 Å². The van der Waals surface area contributed by atoms with Crippen molar-refractivity contribution in [3.8, 4) is 11.5 Å². The van der Waals surface area contributed by atoms with Crippen LogP contribution in [0, 0.1) is 0 Å². The van der Waals surface area contributed by atoms with Gasteiger partial charge in [0.15, 0.2) is 11.5 Å². The Kier molecular flexibility index (Phi) is 5.02. The number of fused-ring (bicyclic) bond motifs is 2. The van der Waals surface area contributed by atoms with Gasteiger partial charge in [-0.3, -0.25) is 4.79 Å². The predicted octanol–water partition coefficient (Wildman–Crippen LogP) is 1.97. The molecule has 8 nitrogen and oxygen atoms in total. The van der Waals surface area contributed by atoms with Crippen LogP contribution in [-0.4, -0.2) is 37.5 Å². The molecule has 0 radical (unpaired) electrons. The molecule has 1 N–H and O–H groups in total. The molecule has 0 saturated heterocycles. The third-order valence-electron chi connectivity index (χ3n) is 6.17. The van der Waals surface area contributed by atoms with Crippen molar-refractivity contribution < 1.29 is 17.9 Å². The molecule has 0 bridgehead atoms. The van der Waals surface area contributed by atoms with E-state index in [1.54, 1.807) is 16.8 Å². The number of benzene rings is 1. The largest absolute Gasteiger partial charge is 0.486 e. The van der Waals surface area contributed by atoms with Crippen molar-refractivity contribution in [2.75, 3.05) is 13.2 Å². The Morgan fingerprint density at radius 1 is 1.00 bits per heavy atom. The number of sulfonamides is 1. The molecular formula is C21H25N3O5S. The van der Waals surface area contributed by atoms with Crippen LogP contribution in [0.1, 0.15) is 49.4 Å². The van der Waals surface area contributed by atoms with Crippen LogP contribution < -0.4 is 19.8 Å². The van der Waals surface area contributed by atoms with E-state index < -0.39 is 10.0 Å². The highest BCUT2D eigenvalue weighted by atomic mass is 32.2. The summed E-state index contributed by atoms with van der Waals surface area (Å²) < 4.78 is 41.1. The molecule has 1 aliphatic heterocycles. The zero-order valence-corrected chi connectivity index (χ0v) is 17.5. The van der Waals surface area contributed by atoms with Crippen LogP contribution >= 0.6 is 0 Å².